The number of benzene rings is 1. The Morgan fingerprint density at radius 3 is 2.79 bits per heavy atom. The fourth-order valence-electron chi connectivity index (χ4n) is 1.27. The van der Waals surface area contributed by atoms with Gasteiger partial charge < -0.3 is 9.84 Å². The van der Waals surface area contributed by atoms with Gasteiger partial charge in [-0.1, -0.05) is 19.1 Å². The summed E-state index contributed by atoms with van der Waals surface area (Å²) in [5.41, 5.74) is 1.27. The zero-order valence-electron chi connectivity index (χ0n) is 8.24. The van der Waals surface area contributed by atoms with Crippen LogP contribution >= 0.6 is 0 Å². The summed E-state index contributed by atoms with van der Waals surface area (Å²) in [5.74, 6) is 1.32. The van der Waals surface area contributed by atoms with Gasteiger partial charge >= 0.3 is 0 Å². The standard InChI is InChI=1S/C11H12NO2/c1-8(7-13)10-5-3-4-9(6-12)11(10)14-2/h3-5,13H,7H2,1-2H3. The smallest absolute Gasteiger partial charge is 0.140 e. The molecule has 0 saturated carbocycles. The molecule has 1 aromatic rings. The Bertz CT molecular complexity index is 355. The molecule has 3 nitrogen and oxygen atoms in total. The topological polar surface area (TPSA) is 53.2 Å². The lowest BCUT2D eigenvalue weighted by molar-refractivity contribution is 0.312. The molecule has 0 aromatic heterocycles. The van der Waals surface area contributed by atoms with E-state index in [4.69, 9.17) is 15.1 Å². The largest absolute Gasteiger partial charge is 0.495 e. The second-order valence-corrected chi connectivity index (χ2v) is 2.94. The summed E-state index contributed by atoms with van der Waals surface area (Å²) in [7, 11) is 1.52. The van der Waals surface area contributed by atoms with Gasteiger partial charge in [0.15, 0.2) is 0 Å². The van der Waals surface area contributed by atoms with E-state index in [1.165, 1.54) is 7.11 Å². The molecule has 0 saturated heterocycles. The Hall–Kier alpha value is -1.53. The third kappa shape index (κ3) is 1.86. The van der Waals surface area contributed by atoms with Crippen molar-refractivity contribution >= 4 is 0 Å². The van der Waals surface area contributed by atoms with Crippen molar-refractivity contribution in [1.29, 1.82) is 5.26 Å². The first-order valence-electron chi connectivity index (χ1n) is 4.25. The lowest BCUT2D eigenvalue weighted by Gasteiger charge is -2.13. The predicted octanol–water partition coefficient (Wildman–Crippen LogP) is 1.50. The van der Waals surface area contributed by atoms with E-state index >= 15 is 0 Å². The lowest BCUT2D eigenvalue weighted by atomic mass is 9.98. The molecule has 0 heterocycles. The first-order valence-corrected chi connectivity index (χ1v) is 4.25. The highest BCUT2D eigenvalue weighted by atomic mass is 16.5. The SMILES string of the molecule is COc1c(C#N)cccc1[C](C)CO. The number of para-hydroxylation sites is 1. The molecule has 0 atom stereocenters. The monoisotopic (exact) mass is 190 g/mol. The van der Waals surface area contributed by atoms with Gasteiger partial charge in [0.25, 0.3) is 0 Å². The van der Waals surface area contributed by atoms with Crippen molar-refractivity contribution in [3.05, 3.63) is 35.2 Å². The Balaban J connectivity index is 3.23. The molecule has 0 spiro atoms. The molecule has 1 radical (unpaired) electrons. The number of methoxy groups -OCH3 is 1. The lowest BCUT2D eigenvalue weighted by Crippen LogP contribution is -2.03. The normalized spacial score (nSPS) is 9.93. The summed E-state index contributed by atoms with van der Waals surface area (Å²) < 4.78 is 5.14. The summed E-state index contributed by atoms with van der Waals surface area (Å²) in [6.07, 6.45) is 0. The number of hydrogen-bond donors (Lipinski definition) is 1. The van der Waals surface area contributed by atoms with Crippen molar-refractivity contribution in [2.45, 2.75) is 6.92 Å². The van der Waals surface area contributed by atoms with Gasteiger partial charge in [-0.15, -0.1) is 0 Å². The van der Waals surface area contributed by atoms with Gasteiger partial charge in [-0.2, -0.15) is 5.26 Å². The predicted molar refractivity (Wildman–Crippen MR) is 52.8 cm³/mol. The number of aliphatic hydroxyl groups excluding tert-OH is 1. The third-order valence-corrected chi connectivity index (χ3v) is 2.04. The Kier molecular flexibility index (Phi) is 3.49. The molecule has 0 fully saturated rings. The van der Waals surface area contributed by atoms with Crippen LogP contribution in [0, 0.1) is 17.2 Å². The first kappa shape index (κ1) is 10.6. The highest BCUT2D eigenvalue weighted by molar-refractivity contribution is 5.53. The van der Waals surface area contributed by atoms with Crippen LogP contribution in [0.15, 0.2) is 18.2 Å². The fraction of sp³-hybridized carbons (Fsp3) is 0.273. The fourth-order valence-corrected chi connectivity index (χ4v) is 1.27. The van der Waals surface area contributed by atoms with E-state index in [2.05, 4.69) is 0 Å². The number of ether oxygens (including phenoxy) is 1. The summed E-state index contributed by atoms with van der Waals surface area (Å²) in [6, 6.07) is 7.33. The van der Waals surface area contributed by atoms with E-state index in [0.29, 0.717) is 11.3 Å². The van der Waals surface area contributed by atoms with Gasteiger partial charge in [-0.25, -0.2) is 0 Å². The van der Waals surface area contributed by atoms with E-state index in [0.717, 1.165) is 11.5 Å². The van der Waals surface area contributed by atoms with Crippen molar-refractivity contribution in [1.82, 2.24) is 0 Å². The van der Waals surface area contributed by atoms with E-state index in [-0.39, 0.29) is 6.61 Å². The van der Waals surface area contributed by atoms with Gasteiger partial charge in [0.1, 0.15) is 11.8 Å². The van der Waals surface area contributed by atoms with Crippen LogP contribution in [0.2, 0.25) is 0 Å². The second kappa shape index (κ2) is 4.64. The minimum Gasteiger partial charge on any atom is -0.495 e. The van der Waals surface area contributed by atoms with Gasteiger partial charge in [-0.05, 0) is 6.07 Å². The van der Waals surface area contributed by atoms with Crippen molar-refractivity contribution in [3.63, 3.8) is 0 Å². The van der Waals surface area contributed by atoms with Gasteiger partial charge in [0, 0.05) is 11.5 Å². The van der Waals surface area contributed by atoms with Gasteiger partial charge in [-0.3, -0.25) is 0 Å². The van der Waals surface area contributed by atoms with Crippen LogP contribution in [-0.4, -0.2) is 18.8 Å². The first-order chi connectivity index (χ1) is 6.74. The van der Waals surface area contributed by atoms with Crippen molar-refractivity contribution in [2.24, 2.45) is 0 Å². The summed E-state index contributed by atoms with van der Waals surface area (Å²) in [6.45, 7) is 1.77. The second-order valence-electron chi connectivity index (χ2n) is 2.94. The minimum atomic E-state index is -0.0365. The number of nitriles is 1. The van der Waals surface area contributed by atoms with Crippen LogP contribution in [0.25, 0.3) is 0 Å². The average molecular weight is 190 g/mol. The van der Waals surface area contributed by atoms with Gasteiger partial charge in [0.05, 0.1) is 19.3 Å². The molecule has 1 N–H and O–H groups in total. The quantitative estimate of drug-likeness (QED) is 0.785. The molecule has 1 aromatic carbocycles. The van der Waals surface area contributed by atoms with Crippen LogP contribution in [0.5, 0.6) is 5.75 Å². The Morgan fingerprint density at radius 1 is 1.57 bits per heavy atom. The molecule has 1 rings (SSSR count). The summed E-state index contributed by atoms with van der Waals surface area (Å²) in [4.78, 5) is 0. The zero-order valence-corrected chi connectivity index (χ0v) is 8.24. The van der Waals surface area contributed by atoms with E-state index in [1.807, 2.05) is 12.1 Å². The molecule has 0 unspecified atom stereocenters. The van der Waals surface area contributed by atoms with Crippen LogP contribution in [0.4, 0.5) is 0 Å². The van der Waals surface area contributed by atoms with Crippen LogP contribution in [0.1, 0.15) is 18.1 Å². The molecule has 0 aliphatic rings. The zero-order chi connectivity index (χ0) is 10.6. The highest BCUT2D eigenvalue weighted by Crippen LogP contribution is 2.28. The van der Waals surface area contributed by atoms with Crippen LogP contribution < -0.4 is 4.74 Å². The van der Waals surface area contributed by atoms with Crippen LogP contribution in [-0.2, 0) is 0 Å². The number of hydrogen-bond acceptors (Lipinski definition) is 3. The van der Waals surface area contributed by atoms with E-state index < -0.39 is 0 Å². The maximum Gasteiger partial charge on any atom is 0.140 e. The molecule has 0 bridgehead atoms. The summed E-state index contributed by atoms with van der Waals surface area (Å²) >= 11 is 0. The maximum absolute atomic E-state index is 9.00. The Morgan fingerprint density at radius 2 is 2.29 bits per heavy atom. The van der Waals surface area contributed by atoms with Crippen molar-refractivity contribution < 1.29 is 9.84 Å². The highest BCUT2D eigenvalue weighted by Gasteiger charge is 2.13. The molecule has 73 valence electrons. The number of aliphatic hydroxyl groups is 1. The van der Waals surface area contributed by atoms with Crippen molar-refractivity contribution in [3.8, 4) is 11.8 Å². The third-order valence-electron chi connectivity index (χ3n) is 2.04. The van der Waals surface area contributed by atoms with Crippen molar-refractivity contribution in [2.75, 3.05) is 13.7 Å². The maximum atomic E-state index is 9.00. The number of rotatable bonds is 3. The minimum absolute atomic E-state index is 0.0365. The Labute approximate surface area is 83.6 Å². The van der Waals surface area contributed by atoms with Crippen LogP contribution in [0.3, 0.4) is 0 Å². The molecular formula is C11H12NO2. The van der Waals surface area contributed by atoms with E-state index in [9.17, 15) is 0 Å². The molecular weight excluding hydrogens is 178 g/mol. The summed E-state index contributed by atoms with van der Waals surface area (Å²) in [5, 5.41) is 17.8. The van der Waals surface area contributed by atoms with Gasteiger partial charge in [0.2, 0.25) is 0 Å². The molecule has 0 aliphatic carbocycles. The average Bonchev–Trinajstić information content (AvgIpc) is 2.26. The molecule has 0 amide bonds. The number of nitrogens with zero attached hydrogens (tertiary/aromatic N) is 1. The van der Waals surface area contributed by atoms with E-state index in [1.54, 1.807) is 19.1 Å². The molecule has 14 heavy (non-hydrogen) atoms. The molecule has 0 aliphatic heterocycles. The molecule has 3 heteroatoms.